The summed E-state index contributed by atoms with van der Waals surface area (Å²) in [5.74, 6) is 0.349. The van der Waals surface area contributed by atoms with Crippen LogP contribution in [0, 0.1) is 11.3 Å². The number of carbonyl (C=O) groups is 1. The third kappa shape index (κ3) is 3.54. The van der Waals surface area contributed by atoms with Crippen molar-refractivity contribution in [3.8, 4) is 22.9 Å². The van der Waals surface area contributed by atoms with Crippen molar-refractivity contribution in [3.63, 3.8) is 0 Å². The Morgan fingerprint density at radius 1 is 1.14 bits per heavy atom. The average molecular weight is 382 g/mol. The lowest BCUT2D eigenvalue weighted by atomic mass is 9.97. The van der Waals surface area contributed by atoms with Crippen LogP contribution in [0.15, 0.2) is 66.9 Å². The van der Waals surface area contributed by atoms with E-state index in [1.54, 1.807) is 31.5 Å². The molecule has 0 saturated carbocycles. The minimum absolute atomic E-state index is 0.192. The standard InChI is InChI=1S/C23H18N4O2/c1-29-21-5-3-2-4-19(21)23(28)25-13-15-6-8-16(9-7-15)18-11-10-17-14-26-27-22(17)20(18)12-24/h2-11,14H,13H2,1H3,(H,25,28)(H,26,27). The van der Waals surface area contributed by atoms with Crippen LogP contribution in [0.3, 0.4) is 0 Å². The third-order valence-corrected chi connectivity index (χ3v) is 4.80. The van der Waals surface area contributed by atoms with Gasteiger partial charge in [-0.3, -0.25) is 9.89 Å². The summed E-state index contributed by atoms with van der Waals surface area (Å²) >= 11 is 0. The predicted molar refractivity (Wildman–Crippen MR) is 110 cm³/mol. The lowest BCUT2D eigenvalue weighted by molar-refractivity contribution is 0.0948. The van der Waals surface area contributed by atoms with Gasteiger partial charge in [0.05, 0.1) is 30.0 Å². The maximum Gasteiger partial charge on any atom is 0.255 e. The van der Waals surface area contributed by atoms with Gasteiger partial charge in [-0.05, 0) is 23.3 Å². The number of rotatable bonds is 5. The molecule has 0 fully saturated rings. The van der Waals surface area contributed by atoms with Gasteiger partial charge < -0.3 is 10.1 Å². The summed E-state index contributed by atoms with van der Waals surface area (Å²) < 4.78 is 5.24. The molecule has 6 nitrogen and oxygen atoms in total. The molecule has 3 aromatic carbocycles. The number of aromatic amines is 1. The fraction of sp³-hybridized carbons (Fsp3) is 0.0870. The van der Waals surface area contributed by atoms with Crippen molar-refractivity contribution in [2.24, 2.45) is 0 Å². The van der Waals surface area contributed by atoms with E-state index in [0.29, 0.717) is 23.4 Å². The van der Waals surface area contributed by atoms with Gasteiger partial charge in [0.1, 0.15) is 11.8 Å². The molecule has 6 heteroatoms. The third-order valence-electron chi connectivity index (χ3n) is 4.80. The van der Waals surface area contributed by atoms with Gasteiger partial charge in [-0.1, -0.05) is 48.5 Å². The Labute approximate surface area is 167 Å². The first kappa shape index (κ1) is 18.3. The molecule has 0 radical (unpaired) electrons. The first-order valence-electron chi connectivity index (χ1n) is 9.08. The number of ether oxygens (including phenoxy) is 1. The normalized spacial score (nSPS) is 10.5. The number of aromatic nitrogens is 2. The maximum absolute atomic E-state index is 12.4. The molecule has 2 N–H and O–H groups in total. The van der Waals surface area contributed by atoms with E-state index in [4.69, 9.17) is 4.74 Å². The summed E-state index contributed by atoms with van der Waals surface area (Å²) in [7, 11) is 1.54. The van der Waals surface area contributed by atoms with Crippen LogP contribution in [0.5, 0.6) is 5.75 Å². The molecule has 0 saturated heterocycles. The number of fused-ring (bicyclic) bond motifs is 1. The van der Waals surface area contributed by atoms with Crippen molar-refractivity contribution in [2.45, 2.75) is 6.54 Å². The fourth-order valence-electron chi connectivity index (χ4n) is 3.28. The van der Waals surface area contributed by atoms with Crippen LogP contribution in [0.1, 0.15) is 21.5 Å². The molecule has 0 bridgehead atoms. The Kier molecular flexibility index (Phi) is 4.95. The Morgan fingerprint density at radius 3 is 2.69 bits per heavy atom. The van der Waals surface area contributed by atoms with Crippen LogP contribution >= 0.6 is 0 Å². The van der Waals surface area contributed by atoms with E-state index in [-0.39, 0.29) is 5.91 Å². The number of H-pyrrole nitrogens is 1. The molecule has 29 heavy (non-hydrogen) atoms. The van der Waals surface area contributed by atoms with Crippen molar-refractivity contribution in [1.29, 1.82) is 5.26 Å². The first-order valence-corrected chi connectivity index (χ1v) is 9.08. The Bertz CT molecular complexity index is 1220. The van der Waals surface area contributed by atoms with Gasteiger partial charge in [0.25, 0.3) is 5.91 Å². The van der Waals surface area contributed by atoms with Crippen molar-refractivity contribution >= 4 is 16.8 Å². The van der Waals surface area contributed by atoms with Crippen molar-refractivity contribution in [3.05, 3.63) is 83.6 Å². The monoisotopic (exact) mass is 382 g/mol. The zero-order valence-corrected chi connectivity index (χ0v) is 15.8. The number of nitriles is 1. The van der Waals surface area contributed by atoms with Crippen molar-refractivity contribution in [2.75, 3.05) is 7.11 Å². The van der Waals surface area contributed by atoms with E-state index in [0.717, 1.165) is 27.6 Å². The highest BCUT2D eigenvalue weighted by Gasteiger charge is 2.12. The van der Waals surface area contributed by atoms with E-state index < -0.39 is 0 Å². The number of benzene rings is 3. The molecule has 0 unspecified atom stereocenters. The number of hydrogen-bond acceptors (Lipinski definition) is 4. The minimum atomic E-state index is -0.192. The summed E-state index contributed by atoms with van der Waals surface area (Å²) in [6.45, 7) is 0.391. The molecular weight excluding hydrogens is 364 g/mol. The molecule has 4 rings (SSSR count). The highest BCUT2D eigenvalue weighted by molar-refractivity contribution is 5.97. The number of hydrogen-bond donors (Lipinski definition) is 2. The van der Waals surface area contributed by atoms with Gasteiger partial charge in [-0.15, -0.1) is 0 Å². The summed E-state index contributed by atoms with van der Waals surface area (Å²) in [6, 6.07) is 21.0. The summed E-state index contributed by atoms with van der Waals surface area (Å²) in [4.78, 5) is 12.4. The van der Waals surface area contributed by atoms with Crippen molar-refractivity contribution < 1.29 is 9.53 Å². The number of nitrogens with one attached hydrogen (secondary N) is 2. The van der Waals surface area contributed by atoms with E-state index in [1.807, 2.05) is 42.5 Å². The van der Waals surface area contributed by atoms with E-state index in [2.05, 4.69) is 21.6 Å². The average Bonchev–Trinajstić information content (AvgIpc) is 3.26. The summed E-state index contributed by atoms with van der Waals surface area (Å²) in [6.07, 6.45) is 1.70. The SMILES string of the molecule is COc1ccccc1C(=O)NCc1ccc(-c2ccc3cn[nH]c3c2C#N)cc1. The van der Waals surface area contributed by atoms with Gasteiger partial charge in [-0.25, -0.2) is 0 Å². The van der Waals surface area contributed by atoms with E-state index in [9.17, 15) is 10.1 Å². The van der Waals surface area contributed by atoms with Crippen LogP contribution in [0.2, 0.25) is 0 Å². The number of nitrogens with zero attached hydrogens (tertiary/aromatic N) is 2. The van der Waals surface area contributed by atoms with Gasteiger partial charge >= 0.3 is 0 Å². The second kappa shape index (κ2) is 7.87. The van der Waals surface area contributed by atoms with Crippen LogP contribution < -0.4 is 10.1 Å². The number of methoxy groups -OCH3 is 1. The van der Waals surface area contributed by atoms with E-state index in [1.165, 1.54) is 0 Å². The summed E-state index contributed by atoms with van der Waals surface area (Å²) in [5, 5.41) is 20.3. The molecule has 0 aliphatic carbocycles. The van der Waals surface area contributed by atoms with Gasteiger partial charge in [0, 0.05) is 17.5 Å². The zero-order valence-electron chi connectivity index (χ0n) is 15.8. The molecule has 4 aromatic rings. The smallest absolute Gasteiger partial charge is 0.255 e. The highest BCUT2D eigenvalue weighted by atomic mass is 16.5. The lowest BCUT2D eigenvalue weighted by Crippen LogP contribution is -2.23. The van der Waals surface area contributed by atoms with Crippen LogP contribution in [-0.2, 0) is 6.54 Å². The Balaban J connectivity index is 1.52. The molecule has 0 spiro atoms. The van der Waals surface area contributed by atoms with Crippen LogP contribution in [0.4, 0.5) is 0 Å². The molecule has 1 aromatic heterocycles. The highest BCUT2D eigenvalue weighted by Crippen LogP contribution is 2.29. The quantitative estimate of drug-likeness (QED) is 0.545. The second-order valence-corrected chi connectivity index (χ2v) is 6.51. The van der Waals surface area contributed by atoms with Crippen LogP contribution in [-0.4, -0.2) is 23.2 Å². The minimum Gasteiger partial charge on any atom is -0.496 e. The van der Waals surface area contributed by atoms with Gasteiger partial charge in [-0.2, -0.15) is 10.4 Å². The number of carbonyl (C=O) groups excluding carboxylic acids is 1. The topological polar surface area (TPSA) is 90.8 Å². The number of amides is 1. The molecule has 1 heterocycles. The zero-order chi connectivity index (χ0) is 20.2. The molecular formula is C23H18N4O2. The van der Waals surface area contributed by atoms with Gasteiger partial charge in [0.15, 0.2) is 0 Å². The first-order chi connectivity index (χ1) is 14.2. The Hall–Kier alpha value is -4.11. The van der Waals surface area contributed by atoms with Crippen molar-refractivity contribution in [1.82, 2.24) is 15.5 Å². The largest absolute Gasteiger partial charge is 0.496 e. The lowest BCUT2D eigenvalue weighted by Gasteiger charge is -2.10. The second-order valence-electron chi connectivity index (χ2n) is 6.51. The summed E-state index contributed by atoms with van der Waals surface area (Å²) in [5.41, 5.74) is 4.53. The molecule has 142 valence electrons. The van der Waals surface area contributed by atoms with Gasteiger partial charge in [0.2, 0.25) is 0 Å². The predicted octanol–water partition coefficient (Wildman–Crippen LogP) is 4.04. The molecule has 0 atom stereocenters. The fourth-order valence-corrected chi connectivity index (χ4v) is 3.28. The molecule has 0 aliphatic rings. The Morgan fingerprint density at radius 2 is 1.93 bits per heavy atom. The molecule has 0 aliphatic heterocycles. The van der Waals surface area contributed by atoms with E-state index >= 15 is 0 Å². The maximum atomic E-state index is 12.4. The molecule has 1 amide bonds. The number of para-hydroxylation sites is 1. The van der Waals surface area contributed by atoms with Crippen LogP contribution in [0.25, 0.3) is 22.0 Å².